The third-order valence-corrected chi connectivity index (χ3v) is 5.18. The number of amides is 1. The summed E-state index contributed by atoms with van der Waals surface area (Å²) >= 11 is 6.78. The molecule has 1 aliphatic heterocycles. The number of carbonyl (C=O) groups is 1. The fraction of sp³-hybridized carbons (Fsp3) is 0.333. The smallest absolute Gasteiger partial charge is 0.349 e. The molecule has 7 heteroatoms. The van der Waals surface area contributed by atoms with Crippen LogP contribution in [0, 0.1) is 0 Å². The molecule has 2 aromatic rings. The van der Waals surface area contributed by atoms with E-state index in [0.717, 1.165) is 29.7 Å². The van der Waals surface area contributed by atoms with Gasteiger partial charge in [0.15, 0.2) is 5.58 Å². The Bertz CT molecular complexity index is 899. The highest BCUT2D eigenvalue weighted by atomic mass is 79.9. The van der Waals surface area contributed by atoms with Crippen molar-refractivity contribution in [3.05, 3.63) is 55.3 Å². The summed E-state index contributed by atoms with van der Waals surface area (Å²) in [6.07, 6.45) is 0. The van der Waals surface area contributed by atoms with Gasteiger partial charge in [-0.2, -0.15) is 0 Å². The maximum Gasteiger partial charge on any atom is 0.349 e. The Morgan fingerprint density at radius 3 is 2.52 bits per heavy atom. The van der Waals surface area contributed by atoms with Crippen LogP contribution in [0.3, 0.4) is 0 Å². The van der Waals surface area contributed by atoms with Gasteiger partial charge < -0.3 is 9.32 Å². The highest BCUT2D eigenvalue weighted by Gasteiger charge is 2.25. The molecule has 3 rings (SSSR count). The third kappa shape index (κ3) is 4.04. The van der Waals surface area contributed by atoms with Crippen molar-refractivity contribution in [2.75, 3.05) is 32.7 Å². The average molecular weight is 470 g/mol. The van der Waals surface area contributed by atoms with Crippen LogP contribution in [0.4, 0.5) is 0 Å². The molecule has 0 aliphatic carbocycles. The van der Waals surface area contributed by atoms with E-state index in [9.17, 15) is 9.59 Å². The molecule has 0 saturated carbocycles. The van der Waals surface area contributed by atoms with Gasteiger partial charge in [-0.15, -0.1) is 0 Å². The van der Waals surface area contributed by atoms with Gasteiger partial charge in [-0.25, -0.2) is 4.79 Å². The Kier molecular flexibility index (Phi) is 5.46. The summed E-state index contributed by atoms with van der Waals surface area (Å²) in [7, 11) is 0. The Morgan fingerprint density at radius 2 is 1.88 bits per heavy atom. The van der Waals surface area contributed by atoms with E-state index in [-0.39, 0.29) is 11.5 Å². The van der Waals surface area contributed by atoms with E-state index in [1.165, 1.54) is 0 Å². The van der Waals surface area contributed by atoms with Crippen LogP contribution in [0.1, 0.15) is 17.3 Å². The summed E-state index contributed by atoms with van der Waals surface area (Å²) in [6, 6.07) is 5.23. The molecule has 0 N–H and O–H groups in total. The van der Waals surface area contributed by atoms with Crippen molar-refractivity contribution in [3.8, 4) is 0 Å². The van der Waals surface area contributed by atoms with E-state index in [2.05, 4.69) is 43.3 Å². The molecule has 2 heterocycles. The van der Waals surface area contributed by atoms with Crippen LogP contribution in [0.5, 0.6) is 0 Å². The first-order valence-corrected chi connectivity index (χ1v) is 9.52. The number of halogens is 2. The lowest BCUT2D eigenvalue weighted by Gasteiger charge is -2.34. The molecule has 0 radical (unpaired) electrons. The quantitative estimate of drug-likeness (QED) is 0.508. The average Bonchev–Trinajstić information content (AvgIpc) is 2.54. The molecule has 1 aliphatic rings. The van der Waals surface area contributed by atoms with E-state index >= 15 is 0 Å². The number of piperazine rings is 1. The van der Waals surface area contributed by atoms with E-state index < -0.39 is 5.63 Å². The number of carbonyl (C=O) groups excluding carboxylic acids is 1. The highest BCUT2D eigenvalue weighted by molar-refractivity contribution is 9.11. The zero-order chi connectivity index (χ0) is 18.1. The molecule has 1 saturated heterocycles. The predicted octanol–water partition coefficient (Wildman–Crippen LogP) is 3.65. The zero-order valence-electron chi connectivity index (χ0n) is 13.8. The minimum Gasteiger partial charge on any atom is -0.421 e. The van der Waals surface area contributed by atoms with Crippen molar-refractivity contribution in [3.63, 3.8) is 0 Å². The van der Waals surface area contributed by atoms with E-state index in [1.54, 1.807) is 17.0 Å². The fourth-order valence-electron chi connectivity index (χ4n) is 2.97. The number of hydrogen-bond donors (Lipinski definition) is 0. The molecule has 132 valence electrons. The van der Waals surface area contributed by atoms with Crippen molar-refractivity contribution >= 4 is 48.7 Å². The van der Waals surface area contributed by atoms with Crippen LogP contribution in [-0.2, 0) is 0 Å². The fourth-order valence-corrected chi connectivity index (χ4v) is 4.31. The van der Waals surface area contributed by atoms with Crippen LogP contribution >= 0.6 is 31.9 Å². The summed E-state index contributed by atoms with van der Waals surface area (Å²) in [6.45, 7) is 9.47. The largest absolute Gasteiger partial charge is 0.421 e. The van der Waals surface area contributed by atoms with Crippen LogP contribution in [0.2, 0.25) is 0 Å². The molecule has 5 nitrogen and oxygen atoms in total. The van der Waals surface area contributed by atoms with Gasteiger partial charge in [-0.3, -0.25) is 9.69 Å². The number of fused-ring (bicyclic) bond motifs is 1. The number of hydrogen-bond acceptors (Lipinski definition) is 4. The summed E-state index contributed by atoms with van der Waals surface area (Å²) in [5.74, 6) is -0.276. The Balaban J connectivity index is 1.84. The minimum absolute atomic E-state index is 0.0749. The normalized spacial score (nSPS) is 15.6. The van der Waals surface area contributed by atoms with Crippen LogP contribution in [0.25, 0.3) is 11.0 Å². The summed E-state index contributed by atoms with van der Waals surface area (Å²) < 4.78 is 6.88. The SMILES string of the molecule is C=C(C)CN1CCN(C(=O)c2cc3cc(Br)cc(Br)c3oc2=O)CC1. The van der Waals surface area contributed by atoms with Crippen LogP contribution in [0.15, 0.2) is 48.5 Å². The maximum atomic E-state index is 12.8. The first kappa shape index (κ1) is 18.4. The van der Waals surface area contributed by atoms with E-state index in [1.807, 2.05) is 13.0 Å². The Morgan fingerprint density at radius 1 is 1.20 bits per heavy atom. The zero-order valence-corrected chi connectivity index (χ0v) is 17.0. The Hall–Kier alpha value is -1.44. The molecule has 1 aromatic heterocycles. The van der Waals surface area contributed by atoms with Gasteiger partial charge in [-0.1, -0.05) is 28.1 Å². The molecule has 1 aromatic carbocycles. The highest BCUT2D eigenvalue weighted by Crippen LogP contribution is 2.28. The van der Waals surface area contributed by atoms with E-state index in [0.29, 0.717) is 28.5 Å². The molecule has 1 fully saturated rings. The maximum absolute atomic E-state index is 12.8. The van der Waals surface area contributed by atoms with Crippen molar-refractivity contribution in [2.45, 2.75) is 6.92 Å². The first-order chi connectivity index (χ1) is 11.8. The molecule has 25 heavy (non-hydrogen) atoms. The second kappa shape index (κ2) is 7.43. The lowest BCUT2D eigenvalue weighted by Crippen LogP contribution is -2.49. The van der Waals surface area contributed by atoms with Crippen molar-refractivity contribution < 1.29 is 9.21 Å². The summed E-state index contributed by atoms with van der Waals surface area (Å²) in [5.41, 5.74) is 1.01. The van der Waals surface area contributed by atoms with Gasteiger partial charge in [0.1, 0.15) is 5.56 Å². The lowest BCUT2D eigenvalue weighted by molar-refractivity contribution is 0.0644. The lowest BCUT2D eigenvalue weighted by atomic mass is 10.1. The standard InChI is InChI=1S/C18H18Br2N2O3/c1-11(2)10-21-3-5-22(6-4-21)17(23)14-8-12-7-13(19)9-15(20)16(12)25-18(14)24/h7-9H,1,3-6,10H2,2H3. The molecular formula is C18H18Br2N2O3. The van der Waals surface area contributed by atoms with Crippen molar-refractivity contribution in [1.29, 1.82) is 0 Å². The topological polar surface area (TPSA) is 53.8 Å². The van der Waals surface area contributed by atoms with Gasteiger partial charge in [0.05, 0.1) is 4.47 Å². The van der Waals surface area contributed by atoms with Crippen LogP contribution in [-0.4, -0.2) is 48.4 Å². The first-order valence-electron chi connectivity index (χ1n) is 7.94. The number of nitrogens with zero attached hydrogens (tertiary/aromatic N) is 2. The molecule has 0 unspecified atom stereocenters. The monoisotopic (exact) mass is 468 g/mol. The third-order valence-electron chi connectivity index (χ3n) is 4.14. The van der Waals surface area contributed by atoms with Gasteiger partial charge in [-0.05, 0) is 41.1 Å². The second-order valence-corrected chi connectivity index (χ2v) is 8.05. The molecule has 0 bridgehead atoms. The Labute approximate surface area is 162 Å². The van der Waals surface area contributed by atoms with Gasteiger partial charge in [0.2, 0.25) is 0 Å². The van der Waals surface area contributed by atoms with Gasteiger partial charge >= 0.3 is 5.63 Å². The van der Waals surface area contributed by atoms with Gasteiger partial charge in [0, 0.05) is 42.6 Å². The van der Waals surface area contributed by atoms with Gasteiger partial charge in [0.25, 0.3) is 5.91 Å². The number of rotatable bonds is 3. The van der Waals surface area contributed by atoms with Crippen molar-refractivity contribution in [1.82, 2.24) is 9.80 Å². The number of benzene rings is 1. The predicted molar refractivity (Wildman–Crippen MR) is 105 cm³/mol. The van der Waals surface area contributed by atoms with Crippen LogP contribution < -0.4 is 5.63 Å². The summed E-state index contributed by atoms with van der Waals surface area (Å²) in [5, 5.41) is 0.699. The molecule has 1 amide bonds. The van der Waals surface area contributed by atoms with Crippen molar-refractivity contribution in [2.24, 2.45) is 0 Å². The molecular weight excluding hydrogens is 452 g/mol. The second-order valence-electron chi connectivity index (χ2n) is 6.28. The molecule has 0 atom stereocenters. The minimum atomic E-state index is -0.607. The van der Waals surface area contributed by atoms with E-state index in [4.69, 9.17) is 4.42 Å². The summed E-state index contributed by atoms with van der Waals surface area (Å²) in [4.78, 5) is 29.0. The molecule has 0 spiro atoms.